The maximum absolute atomic E-state index is 11.7. The molecule has 0 spiro atoms. The summed E-state index contributed by atoms with van der Waals surface area (Å²) in [6.45, 7) is -0.404. The molecule has 1 aliphatic heterocycles. The predicted molar refractivity (Wildman–Crippen MR) is 68.5 cm³/mol. The van der Waals surface area contributed by atoms with Gasteiger partial charge in [0.25, 0.3) is 5.56 Å². The highest BCUT2D eigenvalue weighted by Gasteiger charge is 2.47. The zero-order valence-electron chi connectivity index (χ0n) is 11.0. The van der Waals surface area contributed by atoms with E-state index < -0.39 is 48.4 Å². The van der Waals surface area contributed by atoms with Crippen LogP contribution in [0.1, 0.15) is 6.23 Å². The first-order chi connectivity index (χ1) is 10.5. The van der Waals surface area contributed by atoms with E-state index in [1.807, 2.05) is 4.98 Å². The first-order valence-electron chi connectivity index (χ1n) is 6.06. The average Bonchev–Trinajstić information content (AvgIpc) is 2.80. The largest absolute Gasteiger partial charge is 0.453 e. The minimum absolute atomic E-state index is 0.404. The molecule has 1 aromatic heterocycles. The fourth-order valence-electron chi connectivity index (χ4n) is 2.02. The molecule has 0 aromatic carbocycles. The number of nitrogens with one attached hydrogen (secondary N) is 1. The quantitative estimate of drug-likeness (QED) is 0.188. The minimum atomic E-state index is -1.40. The summed E-state index contributed by atoms with van der Waals surface area (Å²) in [4.78, 5) is 39.8. The monoisotopic (exact) mass is 312 g/mol. The van der Waals surface area contributed by atoms with Gasteiger partial charge in [-0.05, 0) is 0 Å². The Morgan fingerprint density at radius 2 is 2.27 bits per heavy atom. The van der Waals surface area contributed by atoms with Gasteiger partial charge in [-0.2, -0.15) is 0 Å². The summed E-state index contributed by atoms with van der Waals surface area (Å²) in [5, 5.41) is 18.9. The number of terminal acetylenes is 1. The lowest BCUT2D eigenvalue weighted by molar-refractivity contribution is -0.305. The predicted octanol–water partition coefficient (Wildman–Crippen LogP) is -2.17. The number of hydrogen-bond donors (Lipinski definition) is 3. The van der Waals surface area contributed by atoms with Crippen LogP contribution < -0.4 is 11.2 Å². The van der Waals surface area contributed by atoms with E-state index in [-0.39, 0.29) is 0 Å². The van der Waals surface area contributed by atoms with Gasteiger partial charge >= 0.3 is 11.7 Å². The molecule has 10 nitrogen and oxygen atoms in total. The summed E-state index contributed by atoms with van der Waals surface area (Å²) in [5.41, 5.74) is -1.45. The normalized spacial score (nSPS) is 27.3. The zero-order valence-corrected chi connectivity index (χ0v) is 11.0. The Morgan fingerprint density at radius 3 is 2.86 bits per heavy atom. The number of aliphatic hydroxyl groups excluding tert-OH is 1. The van der Waals surface area contributed by atoms with Crippen molar-refractivity contribution in [2.75, 3.05) is 6.61 Å². The van der Waals surface area contributed by atoms with Crippen LogP contribution >= 0.6 is 0 Å². The molecule has 0 aliphatic carbocycles. The lowest BCUT2D eigenvalue weighted by atomic mass is 10.1. The molecule has 1 aromatic rings. The number of esters is 1. The zero-order chi connectivity index (χ0) is 16.3. The minimum Gasteiger partial charge on any atom is -0.453 e. The van der Waals surface area contributed by atoms with Gasteiger partial charge in [-0.25, -0.2) is 14.5 Å². The van der Waals surface area contributed by atoms with Gasteiger partial charge in [0.2, 0.25) is 0 Å². The molecular formula is C12H12N2O8. The number of rotatable bonds is 4. The highest BCUT2D eigenvalue weighted by atomic mass is 17.1. The lowest BCUT2D eigenvalue weighted by Gasteiger charge is -2.18. The average molecular weight is 312 g/mol. The van der Waals surface area contributed by atoms with E-state index in [2.05, 4.69) is 9.62 Å². The summed E-state index contributed by atoms with van der Waals surface area (Å²) >= 11 is 0. The number of carbonyl (C=O) groups is 1. The van der Waals surface area contributed by atoms with Crippen LogP contribution in [0.2, 0.25) is 0 Å². The van der Waals surface area contributed by atoms with Gasteiger partial charge in [-0.15, -0.1) is 6.42 Å². The molecule has 0 saturated carbocycles. The number of ether oxygens (including phenoxy) is 2. The van der Waals surface area contributed by atoms with Crippen molar-refractivity contribution < 1.29 is 29.5 Å². The molecule has 0 radical (unpaired) electrons. The summed E-state index contributed by atoms with van der Waals surface area (Å²) in [7, 11) is 0. The third-order valence-electron chi connectivity index (χ3n) is 3.06. The first kappa shape index (κ1) is 15.9. The highest BCUT2D eigenvalue weighted by molar-refractivity contribution is 5.87. The number of aromatic amines is 1. The molecule has 2 rings (SSSR count). The van der Waals surface area contributed by atoms with Crippen LogP contribution in [0.5, 0.6) is 0 Å². The second kappa shape index (κ2) is 6.54. The molecule has 4 atom stereocenters. The topological polar surface area (TPSA) is 140 Å². The SMILES string of the molecule is C#CC(=O)OC[C@H]1O[C@@H](n2ccc(=O)[nH]c2=O)[C@H](OO)[C@H]1O. The summed E-state index contributed by atoms with van der Waals surface area (Å²) in [5.74, 6) is 0.757. The fraction of sp³-hybridized carbons (Fsp3) is 0.417. The molecule has 3 N–H and O–H groups in total. The molecule has 0 amide bonds. The van der Waals surface area contributed by atoms with Crippen LogP contribution in [0.3, 0.4) is 0 Å². The molecule has 1 aliphatic rings. The highest BCUT2D eigenvalue weighted by Crippen LogP contribution is 2.30. The number of aromatic nitrogens is 2. The Labute approximate surface area is 122 Å². The standard InChI is InChI=1S/C12H12N2O8/c1-2-8(16)20-5-6-9(17)10(22-19)11(21-6)14-4-3-7(15)13-12(14)18/h1,3-4,6,9-11,17,19H,5H2,(H,13,15,18)/t6-,9+,10-,11-/m1/s1. The van der Waals surface area contributed by atoms with Crippen molar-refractivity contribution in [2.45, 2.75) is 24.5 Å². The summed E-state index contributed by atoms with van der Waals surface area (Å²) in [6, 6.07) is 1.05. The van der Waals surface area contributed by atoms with Crippen LogP contribution in [0.25, 0.3) is 0 Å². The number of nitrogens with zero attached hydrogens (tertiary/aromatic N) is 1. The Kier molecular flexibility index (Phi) is 4.74. The maximum Gasteiger partial charge on any atom is 0.384 e. The number of hydrogen-bond acceptors (Lipinski definition) is 8. The van der Waals surface area contributed by atoms with Crippen molar-refractivity contribution in [1.29, 1.82) is 0 Å². The van der Waals surface area contributed by atoms with Crippen LogP contribution in [0, 0.1) is 12.3 Å². The van der Waals surface area contributed by atoms with Crippen LogP contribution in [-0.2, 0) is 19.2 Å². The van der Waals surface area contributed by atoms with E-state index in [0.29, 0.717) is 0 Å². The third-order valence-corrected chi connectivity index (χ3v) is 3.06. The van der Waals surface area contributed by atoms with E-state index in [1.54, 1.807) is 5.92 Å². The maximum atomic E-state index is 11.7. The van der Waals surface area contributed by atoms with Crippen LogP contribution in [-0.4, -0.2) is 50.8 Å². The van der Waals surface area contributed by atoms with Crippen LogP contribution in [0.4, 0.5) is 0 Å². The molecule has 0 bridgehead atoms. The van der Waals surface area contributed by atoms with Crippen molar-refractivity contribution in [3.8, 4) is 12.3 Å². The van der Waals surface area contributed by atoms with Crippen molar-refractivity contribution in [2.24, 2.45) is 0 Å². The van der Waals surface area contributed by atoms with Crippen molar-refractivity contribution in [3.05, 3.63) is 33.1 Å². The second-order valence-corrected chi connectivity index (χ2v) is 4.39. The third kappa shape index (κ3) is 3.07. The van der Waals surface area contributed by atoms with Gasteiger partial charge in [-0.3, -0.25) is 19.6 Å². The van der Waals surface area contributed by atoms with E-state index >= 15 is 0 Å². The molecule has 1 fully saturated rings. The first-order valence-corrected chi connectivity index (χ1v) is 6.06. The summed E-state index contributed by atoms with van der Waals surface area (Å²) < 4.78 is 10.9. The molecule has 2 heterocycles. The van der Waals surface area contributed by atoms with E-state index in [1.165, 1.54) is 0 Å². The van der Waals surface area contributed by atoms with Crippen molar-refractivity contribution in [1.82, 2.24) is 9.55 Å². The number of aliphatic hydroxyl groups is 1. The number of carbonyl (C=O) groups excluding carboxylic acids is 1. The molecular weight excluding hydrogens is 300 g/mol. The van der Waals surface area contributed by atoms with Crippen molar-refractivity contribution >= 4 is 5.97 Å². The van der Waals surface area contributed by atoms with Gasteiger partial charge in [-0.1, -0.05) is 0 Å². The van der Waals surface area contributed by atoms with Gasteiger partial charge < -0.3 is 14.6 Å². The second-order valence-electron chi connectivity index (χ2n) is 4.39. The molecule has 22 heavy (non-hydrogen) atoms. The van der Waals surface area contributed by atoms with Gasteiger partial charge in [0.05, 0.1) is 0 Å². The van der Waals surface area contributed by atoms with Crippen LogP contribution in [0.15, 0.2) is 21.9 Å². The van der Waals surface area contributed by atoms with Gasteiger partial charge in [0.15, 0.2) is 12.3 Å². The molecule has 10 heteroatoms. The van der Waals surface area contributed by atoms with Gasteiger partial charge in [0, 0.05) is 18.2 Å². The van der Waals surface area contributed by atoms with Crippen molar-refractivity contribution in [3.63, 3.8) is 0 Å². The van der Waals surface area contributed by atoms with E-state index in [9.17, 15) is 19.5 Å². The van der Waals surface area contributed by atoms with E-state index in [0.717, 1.165) is 16.8 Å². The Balaban J connectivity index is 2.21. The molecule has 0 unspecified atom stereocenters. The van der Waals surface area contributed by atoms with Gasteiger partial charge in [0.1, 0.15) is 18.8 Å². The molecule has 1 saturated heterocycles. The smallest absolute Gasteiger partial charge is 0.384 e. The Bertz CT molecular complexity index is 702. The Hall–Kier alpha value is -2.45. The number of H-pyrrole nitrogens is 1. The Morgan fingerprint density at radius 1 is 1.55 bits per heavy atom. The fourth-order valence-corrected chi connectivity index (χ4v) is 2.02. The summed E-state index contributed by atoms with van der Waals surface area (Å²) in [6.07, 6.45) is 0.877. The lowest BCUT2D eigenvalue weighted by Crippen LogP contribution is -2.39. The molecule has 118 valence electrons. The van der Waals surface area contributed by atoms with E-state index in [4.69, 9.17) is 16.4 Å².